The maximum absolute atomic E-state index is 13.7. The van der Waals surface area contributed by atoms with Crippen molar-refractivity contribution in [3.8, 4) is 11.1 Å². The lowest BCUT2D eigenvalue weighted by atomic mass is 10.1. The fraction of sp³-hybridized carbons (Fsp3) is 0.250. The number of benzene rings is 1. The molecule has 1 aliphatic rings. The molecule has 4 nitrogen and oxygen atoms in total. The Bertz CT molecular complexity index is 658. The minimum Gasteiger partial charge on any atom is -0.396 e. The van der Waals surface area contributed by atoms with Gasteiger partial charge in [0, 0.05) is 42.8 Å². The molecule has 1 atom stereocenters. The molecule has 0 radical (unpaired) electrons. The standard InChI is InChI=1S/C16H15FN2O2/c17-14-4-2-1-3-13(14)12-5-6-15(18-8-12)19-9-11(10-20)7-16(19)21/h1-6,8,11,20H,7,9-10H2. The Hall–Kier alpha value is -2.27. The average molecular weight is 286 g/mol. The Morgan fingerprint density at radius 1 is 1.29 bits per heavy atom. The van der Waals surface area contributed by atoms with E-state index in [2.05, 4.69) is 4.98 Å². The van der Waals surface area contributed by atoms with Crippen molar-refractivity contribution >= 4 is 11.7 Å². The predicted octanol–water partition coefficient (Wildman–Crippen LogP) is 2.23. The third-order valence-corrected chi connectivity index (χ3v) is 3.67. The van der Waals surface area contributed by atoms with Gasteiger partial charge in [0.1, 0.15) is 11.6 Å². The van der Waals surface area contributed by atoms with Crippen molar-refractivity contribution in [2.75, 3.05) is 18.1 Å². The molecule has 1 amide bonds. The molecule has 1 N–H and O–H groups in total. The summed E-state index contributed by atoms with van der Waals surface area (Å²) in [5, 5.41) is 9.13. The van der Waals surface area contributed by atoms with Crippen molar-refractivity contribution in [3.63, 3.8) is 0 Å². The largest absolute Gasteiger partial charge is 0.396 e. The molecule has 1 aliphatic heterocycles. The summed E-state index contributed by atoms with van der Waals surface area (Å²) >= 11 is 0. The molecule has 2 aromatic rings. The Labute approximate surface area is 121 Å². The first-order valence-electron chi connectivity index (χ1n) is 6.81. The molecular formula is C16H15FN2O2. The van der Waals surface area contributed by atoms with E-state index in [0.29, 0.717) is 29.9 Å². The Morgan fingerprint density at radius 3 is 2.71 bits per heavy atom. The maximum atomic E-state index is 13.7. The maximum Gasteiger partial charge on any atom is 0.228 e. The van der Waals surface area contributed by atoms with Crippen LogP contribution >= 0.6 is 0 Å². The summed E-state index contributed by atoms with van der Waals surface area (Å²) in [6, 6.07) is 9.95. The van der Waals surface area contributed by atoms with Crippen LogP contribution in [0, 0.1) is 11.7 Å². The number of rotatable bonds is 3. The van der Waals surface area contributed by atoms with Gasteiger partial charge in [0.2, 0.25) is 5.91 Å². The summed E-state index contributed by atoms with van der Waals surface area (Å²) in [5.41, 5.74) is 1.15. The van der Waals surface area contributed by atoms with Crippen LogP contribution in [-0.2, 0) is 4.79 Å². The van der Waals surface area contributed by atoms with Crippen LogP contribution in [0.1, 0.15) is 6.42 Å². The van der Waals surface area contributed by atoms with Gasteiger partial charge >= 0.3 is 0 Å². The van der Waals surface area contributed by atoms with E-state index in [1.165, 1.54) is 6.07 Å². The first-order valence-corrected chi connectivity index (χ1v) is 6.81. The van der Waals surface area contributed by atoms with Crippen LogP contribution in [0.3, 0.4) is 0 Å². The summed E-state index contributed by atoms with van der Waals surface area (Å²) in [6.45, 7) is 0.469. The number of anilines is 1. The van der Waals surface area contributed by atoms with Gasteiger partial charge in [-0.25, -0.2) is 9.37 Å². The van der Waals surface area contributed by atoms with Gasteiger partial charge in [-0.05, 0) is 18.2 Å². The van der Waals surface area contributed by atoms with Gasteiger partial charge < -0.3 is 5.11 Å². The van der Waals surface area contributed by atoms with Crippen LogP contribution in [0.15, 0.2) is 42.6 Å². The lowest BCUT2D eigenvalue weighted by molar-refractivity contribution is -0.117. The number of hydrogen-bond acceptors (Lipinski definition) is 3. The zero-order valence-corrected chi connectivity index (χ0v) is 11.4. The fourth-order valence-electron chi connectivity index (χ4n) is 2.53. The number of hydrogen-bond donors (Lipinski definition) is 1. The molecular weight excluding hydrogens is 271 g/mol. The van der Waals surface area contributed by atoms with E-state index < -0.39 is 0 Å². The first-order chi connectivity index (χ1) is 10.2. The summed E-state index contributed by atoms with van der Waals surface area (Å²) in [6.07, 6.45) is 1.90. The zero-order valence-electron chi connectivity index (χ0n) is 11.4. The number of pyridine rings is 1. The van der Waals surface area contributed by atoms with E-state index >= 15 is 0 Å². The average Bonchev–Trinajstić information content (AvgIpc) is 2.89. The number of amides is 1. The van der Waals surface area contributed by atoms with Crippen LogP contribution in [0.4, 0.5) is 10.2 Å². The highest BCUT2D eigenvalue weighted by Gasteiger charge is 2.30. The van der Waals surface area contributed by atoms with Crippen molar-refractivity contribution in [2.45, 2.75) is 6.42 Å². The molecule has 21 heavy (non-hydrogen) atoms. The highest BCUT2D eigenvalue weighted by atomic mass is 19.1. The molecule has 0 spiro atoms. The second kappa shape index (κ2) is 5.61. The number of aliphatic hydroxyl groups excluding tert-OH is 1. The molecule has 0 saturated carbocycles. The van der Waals surface area contributed by atoms with Crippen LogP contribution in [0.5, 0.6) is 0 Å². The highest BCUT2D eigenvalue weighted by Crippen LogP contribution is 2.26. The van der Waals surface area contributed by atoms with Crippen LogP contribution in [0.25, 0.3) is 11.1 Å². The number of carbonyl (C=O) groups excluding carboxylic acids is 1. The fourth-order valence-corrected chi connectivity index (χ4v) is 2.53. The number of aromatic nitrogens is 1. The summed E-state index contributed by atoms with van der Waals surface area (Å²) in [4.78, 5) is 17.7. The molecule has 0 bridgehead atoms. The van der Waals surface area contributed by atoms with Gasteiger partial charge in [-0.15, -0.1) is 0 Å². The number of carbonyl (C=O) groups is 1. The Balaban J connectivity index is 1.85. The van der Waals surface area contributed by atoms with Crippen LogP contribution in [-0.4, -0.2) is 29.1 Å². The van der Waals surface area contributed by atoms with E-state index in [-0.39, 0.29) is 24.2 Å². The SMILES string of the molecule is O=C1CC(CO)CN1c1ccc(-c2ccccc2F)cn1. The predicted molar refractivity (Wildman–Crippen MR) is 77.2 cm³/mol. The Kier molecular flexibility index (Phi) is 3.66. The number of aliphatic hydroxyl groups is 1. The third kappa shape index (κ3) is 2.64. The molecule has 5 heteroatoms. The molecule has 108 valence electrons. The second-order valence-corrected chi connectivity index (χ2v) is 5.14. The van der Waals surface area contributed by atoms with Gasteiger partial charge in [0.25, 0.3) is 0 Å². The molecule has 2 heterocycles. The van der Waals surface area contributed by atoms with Crippen molar-refractivity contribution < 1.29 is 14.3 Å². The van der Waals surface area contributed by atoms with E-state index in [9.17, 15) is 9.18 Å². The van der Waals surface area contributed by atoms with Crippen LogP contribution < -0.4 is 4.90 Å². The van der Waals surface area contributed by atoms with Crippen LogP contribution in [0.2, 0.25) is 0 Å². The molecule has 1 unspecified atom stereocenters. The Morgan fingerprint density at radius 2 is 2.10 bits per heavy atom. The molecule has 1 saturated heterocycles. The third-order valence-electron chi connectivity index (χ3n) is 3.67. The quantitative estimate of drug-likeness (QED) is 0.941. The highest BCUT2D eigenvalue weighted by molar-refractivity contribution is 5.94. The normalized spacial score (nSPS) is 18.3. The molecule has 1 fully saturated rings. The first kappa shape index (κ1) is 13.7. The monoisotopic (exact) mass is 286 g/mol. The summed E-state index contributed by atoms with van der Waals surface area (Å²) < 4.78 is 13.7. The topological polar surface area (TPSA) is 53.4 Å². The zero-order chi connectivity index (χ0) is 14.8. The minimum absolute atomic E-state index is 0.00441. The lowest BCUT2D eigenvalue weighted by Gasteiger charge is -2.15. The van der Waals surface area contributed by atoms with Gasteiger partial charge in [-0.1, -0.05) is 18.2 Å². The molecule has 1 aromatic carbocycles. The van der Waals surface area contributed by atoms with Crippen molar-refractivity contribution in [2.24, 2.45) is 5.92 Å². The van der Waals surface area contributed by atoms with E-state index in [1.54, 1.807) is 41.4 Å². The minimum atomic E-state index is -0.301. The smallest absolute Gasteiger partial charge is 0.228 e. The van der Waals surface area contributed by atoms with E-state index in [1.807, 2.05) is 0 Å². The molecule has 3 rings (SSSR count). The summed E-state index contributed by atoms with van der Waals surface area (Å²) in [5.74, 6) is 0.159. The van der Waals surface area contributed by atoms with E-state index in [0.717, 1.165) is 0 Å². The van der Waals surface area contributed by atoms with Gasteiger partial charge in [-0.3, -0.25) is 9.69 Å². The molecule has 1 aromatic heterocycles. The van der Waals surface area contributed by atoms with Crippen molar-refractivity contribution in [1.29, 1.82) is 0 Å². The second-order valence-electron chi connectivity index (χ2n) is 5.14. The lowest BCUT2D eigenvalue weighted by Crippen LogP contribution is -2.25. The van der Waals surface area contributed by atoms with E-state index in [4.69, 9.17) is 5.11 Å². The molecule has 0 aliphatic carbocycles. The van der Waals surface area contributed by atoms with Gasteiger partial charge in [0.05, 0.1) is 0 Å². The number of halogens is 1. The summed E-state index contributed by atoms with van der Waals surface area (Å²) in [7, 11) is 0. The van der Waals surface area contributed by atoms with Gasteiger partial charge in [-0.2, -0.15) is 0 Å². The van der Waals surface area contributed by atoms with Crippen molar-refractivity contribution in [3.05, 3.63) is 48.4 Å². The van der Waals surface area contributed by atoms with Gasteiger partial charge in [0.15, 0.2) is 0 Å². The van der Waals surface area contributed by atoms with Crippen molar-refractivity contribution in [1.82, 2.24) is 4.98 Å². The number of nitrogens with zero attached hydrogens (tertiary/aromatic N) is 2.